The molecule has 0 heterocycles. The normalized spacial score (nSPS) is 19.7. The molecule has 3 rings (SSSR count). The van der Waals surface area contributed by atoms with Gasteiger partial charge in [0.15, 0.2) is 0 Å². The number of allylic oxidation sites excluding steroid dienone is 2. The van der Waals surface area contributed by atoms with E-state index in [4.69, 9.17) is 0 Å². The maximum Gasteiger partial charge on any atom is 0.391 e. The summed E-state index contributed by atoms with van der Waals surface area (Å²) in [6.07, 6.45) is -0.160. The van der Waals surface area contributed by atoms with Crippen molar-refractivity contribution in [3.05, 3.63) is 83.6 Å². The zero-order chi connectivity index (χ0) is 24.2. The molecule has 0 aromatic heterocycles. The first-order valence-electron chi connectivity index (χ1n) is 12.0. The summed E-state index contributed by atoms with van der Waals surface area (Å²) in [6.45, 7) is 13.4. The number of alkyl halides is 3. The first-order valence-corrected chi connectivity index (χ1v) is 12.0. The molecular formula is C29H36F3N. The molecule has 0 N–H and O–H groups in total. The van der Waals surface area contributed by atoms with Crippen molar-refractivity contribution < 1.29 is 13.2 Å². The molecule has 0 bridgehead atoms. The molecule has 0 radical (unpaired) electrons. The SMILES string of the molecule is C=C(C1=CC(C)CCC1CC(C)C(F)(F)F)N(CC)Cc1cccc(-c2ccc(C)cc2)c1. The topological polar surface area (TPSA) is 3.24 Å². The molecule has 0 saturated heterocycles. The molecule has 0 amide bonds. The fraction of sp³-hybridized carbons (Fsp3) is 0.448. The van der Waals surface area contributed by atoms with Crippen LogP contribution in [0.4, 0.5) is 13.2 Å². The summed E-state index contributed by atoms with van der Waals surface area (Å²) in [5, 5.41) is 0. The predicted octanol–water partition coefficient (Wildman–Crippen LogP) is 8.56. The van der Waals surface area contributed by atoms with Crippen molar-refractivity contribution in [3.63, 3.8) is 0 Å². The zero-order valence-electron chi connectivity index (χ0n) is 20.3. The average molecular weight is 456 g/mol. The predicted molar refractivity (Wildman–Crippen MR) is 132 cm³/mol. The van der Waals surface area contributed by atoms with E-state index in [0.29, 0.717) is 12.5 Å². The number of aryl methyl sites for hydroxylation is 1. The van der Waals surface area contributed by atoms with E-state index in [-0.39, 0.29) is 12.3 Å². The van der Waals surface area contributed by atoms with Crippen LogP contribution in [0.3, 0.4) is 0 Å². The molecule has 4 heteroatoms. The summed E-state index contributed by atoms with van der Waals surface area (Å²) in [4.78, 5) is 2.20. The van der Waals surface area contributed by atoms with E-state index in [1.165, 1.54) is 23.6 Å². The molecule has 33 heavy (non-hydrogen) atoms. The van der Waals surface area contributed by atoms with Crippen LogP contribution in [-0.2, 0) is 6.54 Å². The fourth-order valence-corrected chi connectivity index (χ4v) is 4.68. The van der Waals surface area contributed by atoms with Gasteiger partial charge in [-0.25, -0.2) is 0 Å². The number of rotatable bonds is 8. The van der Waals surface area contributed by atoms with Crippen LogP contribution < -0.4 is 0 Å². The van der Waals surface area contributed by atoms with Gasteiger partial charge in [0.25, 0.3) is 0 Å². The number of hydrogen-bond acceptors (Lipinski definition) is 1. The van der Waals surface area contributed by atoms with Gasteiger partial charge in [0.2, 0.25) is 0 Å². The van der Waals surface area contributed by atoms with Gasteiger partial charge in [-0.2, -0.15) is 13.2 Å². The maximum atomic E-state index is 13.3. The first kappa shape index (κ1) is 25.1. The monoisotopic (exact) mass is 455 g/mol. The van der Waals surface area contributed by atoms with Gasteiger partial charge in [-0.3, -0.25) is 0 Å². The van der Waals surface area contributed by atoms with E-state index in [2.05, 4.69) is 86.9 Å². The Morgan fingerprint density at radius 2 is 1.79 bits per heavy atom. The minimum Gasteiger partial charge on any atom is -0.368 e. The second-order valence-corrected chi connectivity index (χ2v) is 9.58. The van der Waals surface area contributed by atoms with Crippen LogP contribution in [0.1, 0.15) is 51.2 Å². The molecule has 1 aliphatic rings. The molecule has 3 atom stereocenters. The van der Waals surface area contributed by atoms with Crippen LogP contribution >= 0.6 is 0 Å². The third-order valence-electron chi connectivity index (χ3n) is 6.85. The Morgan fingerprint density at radius 3 is 2.42 bits per heavy atom. The minimum atomic E-state index is -4.16. The lowest BCUT2D eigenvalue weighted by Crippen LogP contribution is -2.29. The van der Waals surface area contributed by atoms with Crippen LogP contribution in [0, 0.1) is 24.7 Å². The maximum absolute atomic E-state index is 13.3. The Bertz CT molecular complexity index is 971. The van der Waals surface area contributed by atoms with Crippen molar-refractivity contribution in [2.24, 2.45) is 17.8 Å². The number of benzene rings is 2. The zero-order valence-corrected chi connectivity index (χ0v) is 20.3. The molecule has 0 fully saturated rings. The van der Waals surface area contributed by atoms with Crippen molar-refractivity contribution in [1.82, 2.24) is 4.90 Å². The third kappa shape index (κ3) is 6.52. The quantitative estimate of drug-likeness (QED) is 0.385. The van der Waals surface area contributed by atoms with E-state index in [9.17, 15) is 13.2 Å². The minimum absolute atomic E-state index is 0.0988. The first-order chi connectivity index (χ1) is 15.6. The number of halogens is 3. The van der Waals surface area contributed by atoms with Crippen molar-refractivity contribution in [2.75, 3.05) is 6.54 Å². The van der Waals surface area contributed by atoms with Crippen molar-refractivity contribution in [2.45, 2.75) is 59.7 Å². The van der Waals surface area contributed by atoms with Crippen molar-refractivity contribution >= 4 is 0 Å². The highest BCUT2D eigenvalue weighted by Gasteiger charge is 2.39. The van der Waals surface area contributed by atoms with Gasteiger partial charge in [0.1, 0.15) is 0 Å². The lowest BCUT2D eigenvalue weighted by atomic mass is 9.77. The number of hydrogen-bond donors (Lipinski definition) is 0. The molecule has 1 aliphatic carbocycles. The molecule has 1 nitrogen and oxygen atoms in total. The van der Waals surface area contributed by atoms with E-state index in [0.717, 1.165) is 36.2 Å². The molecule has 0 spiro atoms. The molecule has 178 valence electrons. The molecular weight excluding hydrogens is 419 g/mol. The van der Waals surface area contributed by atoms with Crippen LogP contribution in [-0.4, -0.2) is 17.6 Å². The van der Waals surface area contributed by atoms with Gasteiger partial charge in [0, 0.05) is 18.8 Å². The molecule has 2 aromatic rings. The highest BCUT2D eigenvalue weighted by Crippen LogP contribution is 2.41. The average Bonchev–Trinajstić information content (AvgIpc) is 2.78. The van der Waals surface area contributed by atoms with E-state index in [1.54, 1.807) is 0 Å². The van der Waals surface area contributed by atoms with Crippen LogP contribution in [0.25, 0.3) is 11.1 Å². The van der Waals surface area contributed by atoms with Gasteiger partial charge in [-0.05, 0) is 73.3 Å². The second-order valence-electron chi connectivity index (χ2n) is 9.58. The summed E-state index contributed by atoms with van der Waals surface area (Å²) in [6, 6.07) is 17.0. The Morgan fingerprint density at radius 1 is 1.09 bits per heavy atom. The lowest BCUT2D eigenvalue weighted by molar-refractivity contribution is -0.173. The molecule has 0 aliphatic heterocycles. The summed E-state index contributed by atoms with van der Waals surface area (Å²) in [5.74, 6) is -1.05. The Balaban J connectivity index is 1.79. The molecule has 3 unspecified atom stereocenters. The number of likely N-dealkylation sites (N-methyl/N-ethyl adjacent to an activating group) is 1. The Hall–Kier alpha value is -2.49. The summed E-state index contributed by atoms with van der Waals surface area (Å²) in [7, 11) is 0. The second kappa shape index (κ2) is 10.6. The van der Waals surface area contributed by atoms with Crippen molar-refractivity contribution in [1.29, 1.82) is 0 Å². The lowest BCUT2D eigenvalue weighted by Gasteiger charge is -2.35. The Labute approximate surface area is 197 Å². The third-order valence-corrected chi connectivity index (χ3v) is 6.85. The largest absolute Gasteiger partial charge is 0.391 e. The molecule has 0 saturated carbocycles. The van der Waals surface area contributed by atoms with E-state index >= 15 is 0 Å². The number of nitrogens with zero attached hydrogens (tertiary/aromatic N) is 1. The van der Waals surface area contributed by atoms with E-state index < -0.39 is 12.1 Å². The summed E-state index contributed by atoms with van der Waals surface area (Å²) < 4.78 is 39.8. The standard InChI is InChI=1S/C29H36F3N/c1-6-33(19-24-8-7-9-26(18-24)25-13-10-20(2)11-14-25)23(5)28-16-21(3)12-15-27(28)17-22(4)29(30,31)32/h7-11,13-14,16,18,21-22,27H,5-6,12,15,17,19H2,1-4H3. The van der Waals surface area contributed by atoms with Crippen LogP contribution in [0.15, 0.2) is 72.5 Å². The van der Waals surface area contributed by atoms with Crippen LogP contribution in [0.5, 0.6) is 0 Å². The summed E-state index contributed by atoms with van der Waals surface area (Å²) in [5.41, 5.74) is 6.60. The smallest absolute Gasteiger partial charge is 0.368 e. The van der Waals surface area contributed by atoms with Crippen LogP contribution in [0.2, 0.25) is 0 Å². The van der Waals surface area contributed by atoms with Gasteiger partial charge in [0.05, 0.1) is 5.92 Å². The highest BCUT2D eigenvalue weighted by molar-refractivity contribution is 5.64. The Kier molecular flexibility index (Phi) is 8.10. The summed E-state index contributed by atoms with van der Waals surface area (Å²) >= 11 is 0. The van der Waals surface area contributed by atoms with Gasteiger partial charge in [-0.1, -0.05) is 74.5 Å². The van der Waals surface area contributed by atoms with Gasteiger partial charge < -0.3 is 4.90 Å². The highest BCUT2D eigenvalue weighted by atomic mass is 19.4. The van der Waals surface area contributed by atoms with E-state index in [1.807, 2.05) is 0 Å². The van der Waals surface area contributed by atoms with Crippen molar-refractivity contribution in [3.8, 4) is 11.1 Å². The van der Waals surface area contributed by atoms with Gasteiger partial charge in [-0.15, -0.1) is 0 Å². The fourth-order valence-electron chi connectivity index (χ4n) is 4.68. The van der Waals surface area contributed by atoms with Gasteiger partial charge >= 0.3 is 6.18 Å². The molecule has 2 aromatic carbocycles.